The fourth-order valence-corrected chi connectivity index (χ4v) is 5.92. The molecule has 38 heavy (non-hydrogen) atoms. The van der Waals surface area contributed by atoms with Crippen molar-refractivity contribution in [2.24, 2.45) is 0 Å². The molecule has 0 aliphatic heterocycles. The number of hydrogen-bond donors (Lipinski definition) is 2. The van der Waals surface area contributed by atoms with E-state index >= 15 is 0 Å². The Balaban J connectivity index is 2.00. The highest BCUT2D eigenvalue weighted by atomic mass is 32.2. The number of methoxy groups -OCH3 is 2. The van der Waals surface area contributed by atoms with Gasteiger partial charge in [0.25, 0.3) is 0 Å². The minimum atomic E-state index is -4.11. The molecule has 200 valence electrons. The second-order valence-electron chi connectivity index (χ2n) is 8.86. The summed E-state index contributed by atoms with van der Waals surface area (Å²) in [6, 6.07) is 15.2. The molecule has 1 unspecified atom stereocenters. The quantitative estimate of drug-likeness (QED) is 0.398. The first kappa shape index (κ1) is 28.5. The Morgan fingerprint density at radius 2 is 1.34 bits per heavy atom. The summed E-state index contributed by atoms with van der Waals surface area (Å²) in [4.78, 5) is 37.9. The number of sulfonamides is 1. The lowest BCUT2D eigenvalue weighted by atomic mass is 10.1. The molecule has 1 atom stereocenters. The maximum Gasteiger partial charge on any atom is 0.337 e. The van der Waals surface area contributed by atoms with Gasteiger partial charge in [-0.2, -0.15) is 4.72 Å². The van der Waals surface area contributed by atoms with E-state index in [2.05, 4.69) is 10.0 Å². The Labute approximate surface area is 222 Å². The molecule has 0 fully saturated rings. The molecule has 3 aromatic carbocycles. The number of hydrogen-bond acceptors (Lipinski definition) is 7. The summed E-state index contributed by atoms with van der Waals surface area (Å²) in [6.45, 7) is 5.28. The van der Waals surface area contributed by atoms with E-state index in [4.69, 9.17) is 9.47 Å². The first-order valence-corrected chi connectivity index (χ1v) is 13.2. The summed E-state index contributed by atoms with van der Waals surface area (Å²) in [7, 11) is -1.73. The van der Waals surface area contributed by atoms with Crippen LogP contribution in [0.3, 0.4) is 0 Å². The molecule has 1 amide bonds. The van der Waals surface area contributed by atoms with Gasteiger partial charge in [0.05, 0.1) is 30.2 Å². The fourth-order valence-electron chi connectivity index (χ4n) is 4.28. The molecule has 0 aliphatic carbocycles. The summed E-state index contributed by atoms with van der Waals surface area (Å²) < 4.78 is 39.0. The van der Waals surface area contributed by atoms with Crippen molar-refractivity contribution in [1.82, 2.24) is 4.72 Å². The molecule has 0 heterocycles. The van der Waals surface area contributed by atoms with Crippen molar-refractivity contribution >= 4 is 33.6 Å². The number of nitrogens with one attached hydrogen (secondary N) is 2. The number of rotatable bonds is 9. The molecule has 0 aliphatic rings. The van der Waals surface area contributed by atoms with Crippen molar-refractivity contribution in [2.45, 2.75) is 38.1 Å². The minimum Gasteiger partial charge on any atom is -0.465 e. The molecule has 0 bridgehead atoms. The Morgan fingerprint density at radius 1 is 0.816 bits per heavy atom. The Morgan fingerprint density at radius 3 is 1.84 bits per heavy atom. The highest BCUT2D eigenvalue weighted by Gasteiger charge is 2.29. The molecule has 0 aromatic heterocycles. The van der Waals surface area contributed by atoms with Crippen LogP contribution in [0.4, 0.5) is 5.69 Å². The van der Waals surface area contributed by atoms with Crippen LogP contribution in [0.5, 0.6) is 0 Å². The number of ether oxygens (including phenoxy) is 2. The molecule has 10 heteroatoms. The zero-order valence-corrected chi connectivity index (χ0v) is 22.6. The molecule has 0 saturated heterocycles. The lowest BCUT2D eigenvalue weighted by Gasteiger charge is -2.21. The first-order valence-electron chi connectivity index (χ1n) is 11.7. The van der Waals surface area contributed by atoms with Crippen LogP contribution in [0.15, 0.2) is 65.6 Å². The van der Waals surface area contributed by atoms with Crippen LogP contribution >= 0.6 is 0 Å². The topological polar surface area (TPSA) is 128 Å². The summed E-state index contributed by atoms with van der Waals surface area (Å²) in [5, 5.41) is 2.63. The monoisotopic (exact) mass is 538 g/mol. The van der Waals surface area contributed by atoms with Crippen LogP contribution in [0, 0.1) is 20.8 Å². The maximum absolute atomic E-state index is 13.5. The number of carbonyl (C=O) groups is 3. The zero-order chi connectivity index (χ0) is 28.0. The predicted octanol–water partition coefficient (Wildman–Crippen LogP) is 3.71. The zero-order valence-electron chi connectivity index (χ0n) is 21.8. The van der Waals surface area contributed by atoms with Crippen molar-refractivity contribution in [3.05, 3.63) is 94.0 Å². The van der Waals surface area contributed by atoms with Crippen molar-refractivity contribution in [3.63, 3.8) is 0 Å². The van der Waals surface area contributed by atoms with E-state index in [0.29, 0.717) is 11.1 Å². The van der Waals surface area contributed by atoms with E-state index in [1.54, 1.807) is 50.2 Å². The van der Waals surface area contributed by atoms with E-state index in [0.717, 1.165) is 11.1 Å². The van der Waals surface area contributed by atoms with Gasteiger partial charge in [-0.25, -0.2) is 18.0 Å². The Hall–Kier alpha value is -4.02. The van der Waals surface area contributed by atoms with Gasteiger partial charge in [0.15, 0.2) is 0 Å². The first-order chi connectivity index (χ1) is 17.9. The van der Waals surface area contributed by atoms with Gasteiger partial charge in [0.1, 0.15) is 6.04 Å². The van der Waals surface area contributed by atoms with Gasteiger partial charge in [-0.3, -0.25) is 4.79 Å². The van der Waals surface area contributed by atoms with Gasteiger partial charge in [-0.15, -0.1) is 0 Å². The smallest absolute Gasteiger partial charge is 0.337 e. The number of benzene rings is 3. The van der Waals surface area contributed by atoms with Gasteiger partial charge in [-0.1, -0.05) is 48.0 Å². The third kappa shape index (κ3) is 6.84. The summed E-state index contributed by atoms with van der Waals surface area (Å²) in [5.74, 6) is -2.13. The highest BCUT2D eigenvalue weighted by Crippen LogP contribution is 2.23. The van der Waals surface area contributed by atoms with Crippen LogP contribution in [0.1, 0.15) is 43.0 Å². The molecule has 2 N–H and O–H groups in total. The lowest BCUT2D eigenvalue weighted by molar-refractivity contribution is -0.117. The Bertz CT molecular complexity index is 1410. The van der Waals surface area contributed by atoms with E-state index < -0.39 is 33.9 Å². The third-order valence-electron chi connectivity index (χ3n) is 5.81. The number of carbonyl (C=O) groups excluding carboxylic acids is 3. The van der Waals surface area contributed by atoms with Crippen LogP contribution < -0.4 is 10.0 Å². The van der Waals surface area contributed by atoms with Crippen molar-refractivity contribution in [1.29, 1.82) is 0 Å². The second kappa shape index (κ2) is 12.0. The SMILES string of the molecule is COC(=O)c1cc(NC(=O)C(Cc2ccccc2)NS(=O)(=O)c2c(C)cc(C)cc2C)cc(C(=O)OC)c1. The van der Waals surface area contributed by atoms with Gasteiger partial charge in [0, 0.05) is 5.69 Å². The van der Waals surface area contributed by atoms with Crippen LogP contribution in [-0.2, 0) is 30.7 Å². The van der Waals surface area contributed by atoms with Gasteiger partial charge < -0.3 is 14.8 Å². The molecular formula is C28H30N2O7S. The van der Waals surface area contributed by atoms with Crippen molar-refractivity contribution < 1.29 is 32.3 Å². The molecule has 9 nitrogen and oxygen atoms in total. The molecule has 3 aromatic rings. The second-order valence-corrected chi connectivity index (χ2v) is 10.5. The largest absolute Gasteiger partial charge is 0.465 e. The van der Waals surface area contributed by atoms with Gasteiger partial charge in [0.2, 0.25) is 15.9 Å². The number of esters is 2. The fraction of sp³-hybridized carbons (Fsp3) is 0.250. The Kier molecular flexibility index (Phi) is 9.03. The minimum absolute atomic E-state index is 0.0109. The van der Waals surface area contributed by atoms with E-state index in [1.165, 1.54) is 32.4 Å². The molecule has 0 saturated carbocycles. The lowest BCUT2D eigenvalue weighted by Crippen LogP contribution is -2.45. The van der Waals surface area contributed by atoms with Crippen molar-refractivity contribution in [3.8, 4) is 0 Å². The molecule has 0 spiro atoms. The summed E-state index contributed by atoms with van der Waals surface area (Å²) in [6.07, 6.45) is 0.0520. The number of amides is 1. The van der Waals surface area contributed by atoms with Gasteiger partial charge >= 0.3 is 11.9 Å². The van der Waals surface area contributed by atoms with Crippen LogP contribution in [0.25, 0.3) is 0 Å². The van der Waals surface area contributed by atoms with E-state index in [9.17, 15) is 22.8 Å². The molecule has 3 rings (SSSR count). The van der Waals surface area contributed by atoms with Crippen LogP contribution in [-0.4, -0.2) is 46.5 Å². The normalized spacial score (nSPS) is 11.9. The number of aryl methyl sites for hydroxylation is 3. The van der Waals surface area contributed by atoms with Crippen LogP contribution in [0.2, 0.25) is 0 Å². The molecule has 0 radical (unpaired) electrons. The van der Waals surface area contributed by atoms with E-state index in [1.807, 2.05) is 13.0 Å². The standard InChI is InChI=1S/C28H30N2O7S/c1-17-11-18(2)25(19(3)12-17)38(34,35)30-24(13-20-9-7-6-8-10-20)26(31)29-23-15-21(27(32)36-4)14-22(16-23)28(33)37-5/h6-12,14-16,24,30H,13H2,1-5H3,(H,29,31). The maximum atomic E-state index is 13.5. The van der Waals surface area contributed by atoms with Crippen molar-refractivity contribution in [2.75, 3.05) is 19.5 Å². The third-order valence-corrected chi connectivity index (χ3v) is 7.59. The summed E-state index contributed by atoms with van der Waals surface area (Å²) in [5.41, 5.74) is 2.88. The predicted molar refractivity (Wildman–Crippen MR) is 143 cm³/mol. The average Bonchev–Trinajstić information content (AvgIpc) is 2.86. The average molecular weight is 539 g/mol. The summed E-state index contributed by atoms with van der Waals surface area (Å²) >= 11 is 0. The number of anilines is 1. The van der Waals surface area contributed by atoms with E-state index in [-0.39, 0.29) is 28.1 Å². The molecular weight excluding hydrogens is 508 g/mol. The van der Waals surface area contributed by atoms with Gasteiger partial charge in [-0.05, 0) is 62.1 Å². The highest BCUT2D eigenvalue weighted by molar-refractivity contribution is 7.89.